The summed E-state index contributed by atoms with van der Waals surface area (Å²) in [5.41, 5.74) is 0.816. The standard InChI is InChI=1S/C14H19NO6/c1-19-13(20-2)9-15(8-12(16)17)14(18)21-10-11-6-4-3-5-7-11/h3-7,13H,8-10H2,1-2H3,(H,16,17). The van der Waals surface area contributed by atoms with Crippen molar-refractivity contribution >= 4 is 12.1 Å². The van der Waals surface area contributed by atoms with Crippen LogP contribution in [-0.4, -0.2) is 55.7 Å². The number of ether oxygens (including phenoxy) is 3. The lowest BCUT2D eigenvalue weighted by Crippen LogP contribution is -2.42. The average molecular weight is 297 g/mol. The molecule has 1 aromatic rings. The fourth-order valence-electron chi connectivity index (χ4n) is 1.60. The van der Waals surface area contributed by atoms with E-state index >= 15 is 0 Å². The van der Waals surface area contributed by atoms with E-state index < -0.39 is 24.9 Å². The summed E-state index contributed by atoms with van der Waals surface area (Å²) in [5, 5.41) is 8.85. The number of carbonyl (C=O) groups excluding carboxylic acids is 1. The molecule has 0 fully saturated rings. The van der Waals surface area contributed by atoms with Crippen LogP contribution >= 0.6 is 0 Å². The Kier molecular flexibility index (Phi) is 7.20. The molecule has 0 aliphatic carbocycles. The molecule has 21 heavy (non-hydrogen) atoms. The SMILES string of the molecule is COC(CN(CC(=O)O)C(=O)OCc1ccccc1)OC. The van der Waals surface area contributed by atoms with Crippen molar-refractivity contribution in [2.24, 2.45) is 0 Å². The van der Waals surface area contributed by atoms with Crippen LogP contribution in [0.25, 0.3) is 0 Å². The smallest absolute Gasteiger partial charge is 0.410 e. The maximum absolute atomic E-state index is 11.9. The first-order chi connectivity index (χ1) is 10.1. The average Bonchev–Trinajstić information content (AvgIpc) is 2.49. The normalized spacial score (nSPS) is 10.4. The van der Waals surface area contributed by atoms with Crippen LogP contribution in [0.15, 0.2) is 30.3 Å². The van der Waals surface area contributed by atoms with Crippen LogP contribution in [0.3, 0.4) is 0 Å². The van der Waals surface area contributed by atoms with E-state index in [1.807, 2.05) is 30.3 Å². The minimum atomic E-state index is -1.14. The van der Waals surface area contributed by atoms with E-state index in [1.165, 1.54) is 14.2 Å². The summed E-state index contributed by atoms with van der Waals surface area (Å²) in [5.74, 6) is -1.14. The minimum absolute atomic E-state index is 0.0348. The zero-order valence-electron chi connectivity index (χ0n) is 12.0. The molecule has 0 unspecified atom stereocenters. The Morgan fingerprint density at radius 2 is 1.81 bits per heavy atom. The number of carboxylic acids is 1. The molecule has 7 nitrogen and oxygen atoms in total. The molecule has 0 spiro atoms. The number of aliphatic carboxylic acids is 1. The lowest BCUT2D eigenvalue weighted by Gasteiger charge is -2.24. The number of benzene rings is 1. The highest BCUT2D eigenvalue weighted by Gasteiger charge is 2.22. The molecule has 0 saturated carbocycles. The molecular formula is C14H19NO6. The second kappa shape index (κ2) is 8.93. The Morgan fingerprint density at radius 1 is 1.19 bits per heavy atom. The Balaban J connectivity index is 2.59. The third kappa shape index (κ3) is 6.24. The van der Waals surface area contributed by atoms with Gasteiger partial charge in [0.2, 0.25) is 0 Å². The number of rotatable bonds is 8. The van der Waals surface area contributed by atoms with Gasteiger partial charge in [0.1, 0.15) is 13.2 Å². The molecule has 0 aliphatic rings. The highest BCUT2D eigenvalue weighted by atomic mass is 16.7. The molecule has 0 bridgehead atoms. The molecule has 0 aromatic heterocycles. The van der Waals surface area contributed by atoms with Crippen LogP contribution in [0.4, 0.5) is 4.79 Å². The summed E-state index contributed by atoms with van der Waals surface area (Å²) in [6.45, 7) is -0.454. The molecule has 1 aromatic carbocycles. The van der Waals surface area contributed by atoms with E-state index in [4.69, 9.17) is 19.3 Å². The van der Waals surface area contributed by atoms with Crippen LogP contribution in [0.5, 0.6) is 0 Å². The molecule has 0 atom stereocenters. The number of methoxy groups -OCH3 is 2. The lowest BCUT2D eigenvalue weighted by atomic mass is 10.2. The Bertz CT molecular complexity index is 446. The molecule has 0 radical (unpaired) electrons. The highest BCUT2D eigenvalue weighted by Crippen LogP contribution is 2.05. The van der Waals surface area contributed by atoms with Gasteiger partial charge < -0.3 is 19.3 Å². The van der Waals surface area contributed by atoms with E-state index in [0.717, 1.165) is 10.5 Å². The van der Waals surface area contributed by atoms with Gasteiger partial charge in [0.15, 0.2) is 6.29 Å². The van der Waals surface area contributed by atoms with E-state index in [0.29, 0.717) is 0 Å². The summed E-state index contributed by atoms with van der Waals surface area (Å²) in [6.07, 6.45) is -1.45. The number of amides is 1. The molecule has 7 heteroatoms. The molecule has 0 heterocycles. The number of hydrogen-bond acceptors (Lipinski definition) is 5. The van der Waals surface area contributed by atoms with Gasteiger partial charge in [-0.3, -0.25) is 9.69 Å². The summed E-state index contributed by atoms with van der Waals surface area (Å²) >= 11 is 0. The molecular weight excluding hydrogens is 278 g/mol. The van der Waals surface area contributed by atoms with Crippen LogP contribution in [-0.2, 0) is 25.6 Å². The van der Waals surface area contributed by atoms with Gasteiger partial charge in [-0.15, -0.1) is 0 Å². The van der Waals surface area contributed by atoms with Crippen molar-refractivity contribution in [3.8, 4) is 0 Å². The summed E-state index contributed by atoms with van der Waals surface area (Å²) < 4.78 is 15.0. The largest absolute Gasteiger partial charge is 0.480 e. The van der Waals surface area contributed by atoms with Gasteiger partial charge in [-0.1, -0.05) is 30.3 Å². The van der Waals surface area contributed by atoms with E-state index in [1.54, 1.807) is 0 Å². The quantitative estimate of drug-likeness (QED) is 0.729. The topological polar surface area (TPSA) is 85.3 Å². The number of nitrogens with zero attached hydrogens (tertiary/aromatic N) is 1. The van der Waals surface area contributed by atoms with Gasteiger partial charge in [0, 0.05) is 14.2 Å². The zero-order valence-corrected chi connectivity index (χ0v) is 12.0. The fourth-order valence-corrected chi connectivity index (χ4v) is 1.60. The van der Waals surface area contributed by atoms with Crippen LogP contribution in [0, 0.1) is 0 Å². The Hall–Kier alpha value is -2.12. The monoisotopic (exact) mass is 297 g/mol. The molecule has 0 aliphatic heterocycles. The third-order valence-corrected chi connectivity index (χ3v) is 2.68. The first kappa shape index (κ1) is 16.9. The second-order valence-electron chi connectivity index (χ2n) is 4.22. The van der Waals surface area contributed by atoms with Gasteiger partial charge in [-0.25, -0.2) is 4.79 Å². The maximum Gasteiger partial charge on any atom is 0.410 e. The van der Waals surface area contributed by atoms with Crippen molar-refractivity contribution in [2.45, 2.75) is 12.9 Å². The second-order valence-corrected chi connectivity index (χ2v) is 4.22. The van der Waals surface area contributed by atoms with Gasteiger partial charge in [-0.2, -0.15) is 0 Å². The number of hydrogen-bond donors (Lipinski definition) is 1. The van der Waals surface area contributed by atoms with E-state index in [-0.39, 0.29) is 13.2 Å². The molecule has 1 rings (SSSR count). The first-order valence-electron chi connectivity index (χ1n) is 6.29. The van der Waals surface area contributed by atoms with Gasteiger partial charge in [0.25, 0.3) is 0 Å². The van der Waals surface area contributed by atoms with Gasteiger partial charge in [0.05, 0.1) is 6.54 Å². The predicted octanol–water partition coefficient (Wildman–Crippen LogP) is 1.33. The van der Waals surface area contributed by atoms with Crippen LogP contribution < -0.4 is 0 Å². The van der Waals surface area contributed by atoms with Crippen molar-refractivity contribution in [3.05, 3.63) is 35.9 Å². The summed E-state index contributed by atoms with van der Waals surface area (Å²) in [4.78, 5) is 23.8. The molecule has 1 amide bonds. The predicted molar refractivity (Wildman–Crippen MR) is 73.6 cm³/mol. The van der Waals surface area contributed by atoms with E-state index in [9.17, 15) is 9.59 Å². The molecule has 1 N–H and O–H groups in total. The van der Waals surface area contributed by atoms with Gasteiger partial charge >= 0.3 is 12.1 Å². The zero-order chi connectivity index (χ0) is 15.7. The van der Waals surface area contributed by atoms with Crippen molar-refractivity contribution in [1.82, 2.24) is 4.90 Å². The number of carboxylic acid groups (broad SMARTS) is 1. The van der Waals surface area contributed by atoms with Crippen molar-refractivity contribution < 1.29 is 28.9 Å². The van der Waals surface area contributed by atoms with Gasteiger partial charge in [-0.05, 0) is 5.56 Å². The Morgan fingerprint density at radius 3 is 2.33 bits per heavy atom. The van der Waals surface area contributed by atoms with E-state index in [2.05, 4.69) is 0 Å². The van der Waals surface area contributed by atoms with Crippen LogP contribution in [0.1, 0.15) is 5.56 Å². The number of carbonyl (C=O) groups is 2. The summed E-state index contributed by atoms with van der Waals surface area (Å²) in [7, 11) is 2.81. The minimum Gasteiger partial charge on any atom is -0.480 e. The first-order valence-corrected chi connectivity index (χ1v) is 6.29. The molecule has 116 valence electrons. The maximum atomic E-state index is 11.9. The fraction of sp³-hybridized carbons (Fsp3) is 0.429. The molecule has 0 saturated heterocycles. The summed E-state index contributed by atoms with van der Waals surface area (Å²) in [6, 6.07) is 9.11. The van der Waals surface area contributed by atoms with Crippen molar-refractivity contribution in [2.75, 3.05) is 27.3 Å². The lowest BCUT2D eigenvalue weighted by molar-refractivity contribution is -0.141. The third-order valence-electron chi connectivity index (χ3n) is 2.68. The van der Waals surface area contributed by atoms with Crippen molar-refractivity contribution in [1.29, 1.82) is 0 Å². The Labute approximate surface area is 123 Å². The highest BCUT2D eigenvalue weighted by molar-refractivity contribution is 5.76. The van der Waals surface area contributed by atoms with Crippen molar-refractivity contribution in [3.63, 3.8) is 0 Å². The van der Waals surface area contributed by atoms with Crippen LogP contribution in [0.2, 0.25) is 0 Å².